The number of thioether (sulfide) groups is 1. The van der Waals surface area contributed by atoms with Crippen molar-refractivity contribution < 1.29 is 12.9 Å². The lowest BCUT2D eigenvalue weighted by atomic mass is 9.98. The van der Waals surface area contributed by atoms with Crippen molar-refractivity contribution in [3.63, 3.8) is 0 Å². The Labute approximate surface area is 63.6 Å². The summed E-state index contributed by atoms with van der Waals surface area (Å²) in [5, 5.41) is 0. The molecule has 0 aliphatic heterocycles. The predicted octanol–water partition coefficient (Wildman–Crippen LogP) is 2.90. The highest BCUT2D eigenvalue weighted by atomic mass is 32.2. The quantitative estimate of drug-likeness (QED) is 0.575. The van der Waals surface area contributed by atoms with Crippen LogP contribution in [0.15, 0.2) is 0 Å². The van der Waals surface area contributed by atoms with Crippen LogP contribution in [0.4, 0.5) is 12.9 Å². The van der Waals surface area contributed by atoms with Gasteiger partial charge < -0.3 is 12.9 Å². The Morgan fingerprint density at radius 1 is 1.20 bits per heavy atom. The third kappa shape index (κ3) is 8.20. The summed E-state index contributed by atoms with van der Waals surface area (Å²) >= 11 is 0.943. The van der Waals surface area contributed by atoms with Gasteiger partial charge in [0.25, 0.3) is 0 Å². The van der Waals surface area contributed by atoms with Crippen LogP contribution in [0.1, 0.15) is 20.8 Å². The van der Waals surface area contributed by atoms with Crippen molar-refractivity contribution in [1.29, 1.82) is 0 Å². The molecule has 0 bridgehead atoms. The van der Waals surface area contributed by atoms with Gasteiger partial charge in [-0.05, 0) is 5.65 Å². The summed E-state index contributed by atoms with van der Waals surface area (Å²) in [5.74, 6) is 0. The first-order valence-electron chi connectivity index (χ1n) is 3.06. The molecule has 0 rings (SSSR count). The second-order valence-electron chi connectivity index (χ2n) is 3.13. The lowest BCUT2D eigenvalue weighted by molar-refractivity contribution is 0.484. The third-order valence-electron chi connectivity index (χ3n) is 0.705. The molecule has 0 amide bonds. The predicted molar refractivity (Wildman–Crippen MR) is 41.3 cm³/mol. The van der Waals surface area contributed by atoms with Gasteiger partial charge in [0.15, 0.2) is 0 Å². The first kappa shape index (κ1) is 10.2. The molecule has 62 valence electrons. The van der Waals surface area contributed by atoms with Crippen molar-refractivity contribution in [2.75, 3.05) is 5.65 Å². The van der Waals surface area contributed by atoms with Crippen molar-refractivity contribution in [1.82, 2.24) is 0 Å². The van der Waals surface area contributed by atoms with Gasteiger partial charge in [0.2, 0.25) is 0 Å². The summed E-state index contributed by atoms with van der Waals surface area (Å²) < 4.78 is 34.6. The van der Waals surface area contributed by atoms with E-state index in [2.05, 4.69) is 0 Å². The zero-order chi connectivity index (χ0) is 8.41. The van der Waals surface area contributed by atoms with Gasteiger partial charge in [-0.3, -0.25) is 0 Å². The van der Waals surface area contributed by atoms with Gasteiger partial charge in [0.1, 0.15) is 0 Å². The van der Waals surface area contributed by atoms with Crippen LogP contribution in [0, 0.1) is 0 Å². The maximum absolute atomic E-state index is 11.6. The minimum absolute atomic E-state index is 0.280. The van der Waals surface area contributed by atoms with Crippen LogP contribution < -0.4 is 0 Å². The molecule has 0 nitrogen and oxygen atoms in total. The molecule has 0 N–H and O–H groups in total. The molecule has 0 aromatic rings. The Bertz CT molecular complexity index is 90.4. The number of rotatable bonds is 2. The Morgan fingerprint density at radius 3 is 1.70 bits per heavy atom. The van der Waals surface area contributed by atoms with Gasteiger partial charge in [0.05, 0.1) is 0 Å². The average Bonchev–Trinajstić information content (AvgIpc) is 1.57. The molecule has 5 heteroatoms. The van der Waals surface area contributed by atoms with Crippen molar-refractivity contribution in [2.45, 2.75) is 25.5 Å². The van der Waals surface area contributed by atoms with Crippen LogP contribution in [0.3, 0.4) is 0 Å². The van der Waals surface area contributed by atoms with Gasteiger partial charge in [-0.2, -0.15) is 11.8 Å². The lowest BCUT2D eigenvalue weighted by Crippen LogP contribution is -2.23. The van der Waals surface area contributed by atoms with Gasteiger partial charge >= 0.3 is 6.98 Å². The van der Waals surface area contributed by atoms with E-state index in [1.165, 1.54) is 0 Å². The SMILES string of the molecule is CC(C)(C)SC[B-](F)(F)F. The molecule has 0 radical (unpaired) electrons. The Morgan fingerprint density at radius 2 is 1.60 bits per heavy atom. The van der Waals surface area contributed by atoms with Crippen LogP contribution in [0.2, 0.25) is 0 Å². The minimum Gasteiger partial charge on any atom is -0.448 e. The topological polar surface area (TPSA) is 0 Å². The summed E-state index contributed by atoms with van der Waals surface area (Å²) in [4.78, 5) is 0. The Hall–Kier alpha value is 0.205. The van der Waals surface area contributed by atoms with Crippen LogP contribution in [-0.2, 0) is 0 Å². The van der Waals surface area contributed by atoms with E-state index in [0.717, 1.165) is 11.8 Å². The largest absolute Gasteiger partial charge is 0.488 e. The standard InChI is InChI=1S/C5H11BF3S/c1-5(2,3)10-4-6(7,8)9/h4H2,1-3H3/q-1. The maximum Gasteiger partial charge on any atom is 0.488 e. The highest BCUT2D eigenvalue weighted by molar-refractivity contribution is 8.01. The van der Waals surface area contributed by atoms with E-state index in [4.69, 9.17) is 0 Å². The van der Waals surface area contributed by atoms with Crippen molar-refractivity contribution in [2.24, 2.45) is 0 Å². The molecule has 0 aromatic carbocycles. The van der Waals surface area contributed by atoms with E-state index in [0.29, 0.717) is 0 Å². The van der Waals surface area contributed by atoms with Crippen molar-refractivity contribution in [3.05, 3.63) is 0 Å². The molecule has 0 saturated heterocycles. The second kappa shape index (κ2) is 3.07. The van der Waals surface area contributed by atoms with E-state index < -0.39 is 12.6 Å². The molecule has 0 spiro atoms. The number of halogens is 3. The summed E-state index contributed by atoms with van der Waals surface area (Å²) in [6.45, 7) is 0.729. The summed E-state index contributed by atoms with van der Waals surface area (Å²) in [6.07, 6.45) is 0. The molecule has 0 unspecified atom stereocenters. The van der Waals surface area contributed by atoms with Crippen molar-refractivity contribution >= 4 is 18.7 Å². The molecule has 0 atom stereocenters. The zero-order valence-corrected chi connectivity index (χ0v) is 7.14. The fourth-order valence-electron chi connectivity index (χ4n) is 0.344. The Balaban J connectivity index is 3.56. The smallest absolute Gasteiger partial charge is 0.448 e. The number of hydrogen-bond acceptors (Lipinski definition) is 1. The highest BCUT2D eigenvalue weighted by Crippen LogP contribution is 2.27. The van der Waals surface area contributed by atoms with Crippen LogP contribution >= 0.6 is 11.8 Å². The molecule has 0 aliphatic rings. The summed E-state index contributed by atoms with van der Waals surface area (Å²) in [7, 11) is 0. The van der Waals surface area contributed by atoms with Gasteiger partial charge in [-0.15, -0.1) is 0 Å². The molecule has 0 fully saturated rings. The van der Waals surface area contributed by atoms with Gasteiger partial charge in [0, 0.05) is 4.75 Å². The fraction of sp³-hybridized carbons (Fsp3) is 1.00. The molecule has 10 heavy (non-hydrogen) atoms. The molecule has 0 heterocycles. The lowest BCUT2D eigenvalue weighted by Gasteiger charge is -2.22. The second-order valence-corrected chi connectivity index (χ2v) is 4.98. The monoisotopic (exact) mass is 171 g/mol. The van der Waals surface area contributed by atoms with Gasteiger partial charge in [-0.25, -0.2) is 0 Å². The molecular formula is C5H11BF3S-. The summed E-state index contributed by atoms with van der Waals surface area (Å²) in [5.41, 5.74) is -0.691. The maximum atomic E-state index is 11.6. The molecule has 0 aromatic heterocycles. The van der Waals surface area contributed by atoms with Crippen molar-refractivity contribution in [3.8, 4) is 0 Å². The van der Waals surface area contributed by atoms with Crippen LogP contribution in [-0.4, -0.2) is 17.4 Å². The van der Waals surface area contributed by atoms with E-state index in [-0.39, 0.29) is 4.75 Å². The Kier molecular flexibility index (Phi) is 3.13. The summed E-state index contributed by atoms with van der Waals surface area (Å²) in [6, 6.07) is 0. The van der Waals surface area contributed by atoms with Crippen LogP contribution in [0.5, 0.6) is 0 Å². The van der Waals surface area contributed by atoms with E-state index in [1.807, 2.05) is 0 Å². The van der Waals surface area contributed by atoms with Gasteiger partial charge in [-0.1, -0.05) is 20.8 Å². The van der Waals surface area contributed by atoms with E-state index in [1.54, 1.807) is 20.8 Å². The zero-order valence-electron chi connectivity index (χ0n) is 6.33. The minimum atomic E-state index is -4.60. The first-order valence-corrected chi connectivity index (χ1v) is 4.04. The molecule has 0 saturated carbocycles. The first-order chi connectivity index (χ1) is 4.21. The highest BCUT2D eigenvalue weighted by Gasteiger charge is 2.25. The average molecular weight is 171 g/mol. The molecule has 0 aliphatic carbocycles. The van der Waals surface area contributed by atoms with E-state index >= 15 is 0 Å². The van der Waals surface area contributed by atoms with Crippen LogP contribution in [0.25, 0.3) is 0 Å². The third-order valence-corrected chi connectivity index (χ3v) is 2.12. The van der Waals surface area contributed by atoms with E-state index in [9.17, 15) is 12.9 Å². The fourth-order valence-corrected chi connectivity index (χ4v) is 1.03. The number of hydrogen-bond donors (Lipinski definition) is 0. The normalized spacial score (nSPS) is 13.8. The molecular weight excluding hydrogens is 160 g/mol.